The molecule has 0 spiro atoms. The molecule has 34 heavy (non-hydrogen) atoms. The van der Waals surface area contributed by atoms with Gasteiger partial charge in [-0.3, -0.25) is 9.69 Å². The molecule has 8 heteroatoms. The number of rotatable bonds is 7. The smallest absolute Gasteiger partial charge is 0.407 e. The molecule has 0 saturated carbocycles. The Morgan fingerprint density at radius 2 is 1.97 bits per heavy atom. The lowest BCUT2D eigenvalue weighted by Crippen LogP contribution is -2.50. The highest BCUT2D eigenvalue weighted by Crippen LogP contribution is 2.28. The summed E-state index contributed by atoms with van der Waals surface area (Å²) >= 11 is 0. The number of carbonyl (C=O) groups is 3. The molecular formula is C26H37N3O5. The number of imide groups is 1. The third kappa shape index (κ3) is 6.74. The minimum Gasteiger partial charge on any atom is -0.468 e. The van der Waals surface area contributed by atoms with Crippen LogP contribution in [0.5, 0.6) is 0 Å². The van der Waals surface area contributed by atoms with E-state index in [-0.39, 0.29) is 36.9 Å². The summed E-state index contributed by atoms with van der Waals surface area (Å²) in [6.07, 6.45) is 3.57. The molecule has 3 rings (SSSR count). The number of alkyl carbamates (subject to hydrolysis) is 1. The van der Waals surface area contributed by atoms with Crippen LogP contribution in [0.15, 0.2) is 34.9 Å². The minimum absolute atomic E-state index is 0.0237. The molecule has 0 bridgehead atoms. The van der Waals surface area contributed by atoms with Gasteiger partial charge in [0.05, 0.1) is 6.26 Å². The lowest BCUT2D eigenvalue weighted by atomic mass is 10.1. The van der Waals surface area contributed by atoms with E-state index in [4.69, 9.17) is 9.15 Å². The number of nitrogens with one attached hydrogen (secondary N) is 1. The molecule has 1 aromatic carbocycles. The highest BCUT2D eigenvalue weighted by molar-refractivity contribution is 5.95. The second-order valence-electron chi connectivity index (χ2n) is 10.3. The fourth-order valence-corrected chi connectivity index (χ4v) is 4.25. The van der Waals surface area contributed by atoms with E-state index >= 15 is 0 Å². The van der Waals surface area contributed by atoms with Crippen LogP contribution in [0.25, 0.3) is 10.8 Å². The van der Waals surface area contributed by atoms with E-state index in [1.54, 1.807) is 31.9 Å². The Kier molecular flexibility index (Phi) is 8.23. The molecule has 2 heterocycles. The molecule has 4 amide bonds. The van der Waals surface area contributed by atoms with Crippen molar-refractivity contribution in [2.75, 3.05) is 19.6 Å². The predicted octanol–water partition coefficient (Wildman–Crippen LogP) is 4.96. The van der Waals surface area contributed by atoms with Gasteiger partial charge in [-0.1, -0.05) is 38.1 Å². The van der Waals surface area contributed by atoms with Crippen LogP contribution in [0.2, 0.25) is 0 Å². The zero-order chi connectivity index (χ0) is 24.9. The number of carbonyl (C=O) groups excluding carboxylic acids is 3. The third-order valence-electron chi connectivity index (χ3n) is 5.72. The summed E-state index contributed by atoms with van der Waals surface area (Å²) in [5.41, 5.74) is -0.613. The summed E-state index contributed by atoms with van der Waals surface area (Å²) in [6, 6.07) is 7.70. The van der Waals surface area contributed by atoms with Gasteiger partial charge in [0.25, 0.3) is 0 Å². The van der Waals surface area contributed by atoms with Crippen molar-refractivity contribution in [3.8, 4) is 0 Å². The van der Waals surface area contributed by atoms with Crippen molar-refractivity contribution >= 4 is 28.8 Å². The zero-order valence-corrected chi connectivity index (χ0v) is 20.9. The lowest BCUT2D eigenvalue weighted by molar-refractivity contribution is -0.129. The number of nitrogens with zero attached hydrogens (tertiary/aromatic N) is 2. The second kappa shape index (κ2) is 10.9. The molecule has 1 atom stereocenters. The average Bonchev–Trinajstić information content (AvgIpc) is 3.37. The highest BCUT2D eigenvalue weighted by atomic mass is 16.6. The summed E-state index contributed by atoms with van der Waals surface area (Å²) in [5, 5.41) is 4.70. The molecular weight excluding hydrogens is 434 g/mol. The van der Waals surface area contributed by atoms with Gasteiger partial charge in [-0.05, 0) is 39.5 Å². The quantitative estimate of drug-likeness (QED) is 0.616. The van der Waals surface area contributed by atoms with E-state index in [0.29, 0.717) is 19.5 Å². The first-order valence-corrected chi connectivity index (χ1v) is 12.1. The van der Waals surface area contributed by atoms with Crippen LogP contribution in [0.1, 0.15) is 59.6 Å². The van der Waals surface area contributed by atoms with Crippen LogP contribution in [-0.4, -0.2) is 59.1 Å². The number of fused-ring (bicyclic) bond motifs is 1. The average molecular weight is 472 g/mol. The molecule has 1 aliphatic rings. The van der Waals surface area contributed by atoms with Gasteiger partial charge in [-0.15, -0.1) is 0 Å². The van der Waals surface area contributed by atoms with Crippen molar-refractivity contribution in [3.63, 3.8) is 0 Å². The molecule has 186 valence electrons. The van der Waals surface area contributed by atoms with Crippen molar-refractivity contribution in [1.29, 1.82) is 0 Å². The fourth-order valence-electron chi connectivity index (χ4n) is 4.25. The van der Waals surface area contributed by atoms with Gasteiger partial charge in [-0.2, -0.15) is 0 Å². The maximum Gasteiger partial charge on any atom is 0.407 e. The molecule has 0 unspecified atom stereocenters. The second-order valence-corrected chi connectivity index (χ2v) is 10.3. The number of benzene rings is 1. The van der Waals surface area contributed by atoms with Crippen molar-refractivity contribution < 1.29 is 23.5 Å². The Bertz CT molecular complexity index is 1010. The van der Waals surface area contributed by atoms with Crippen LogP contribution in [0.4, 0.5) is 9.59 Å². The first-order chi connectivity index (χ1) is 16.0. The van der Waals surface area contributed by atoms with E-state index in [2.05, 4.69) is 5.32 Å². The summed E-state index contributed by atoms with van der Waals surface area (Å²) in [7, 11) is 0. The predicted molar refractivity (Wildman–Crippen MR) is 130 cm³/mol. The Hall–Kier alpha value is -3.03. The SMILES string of the molecule is CC(C)CN(C(=O)CCNC(=O)OC(C)(C)C)C(=O)N1CCC[C@H]1Cc1occ2ccccc12. The van der Waals surface area contributed by atoms with E-state index in [1.807, 2.05) is 38.1 Å². The molecule has 2 aromatic rings. The Morgan fingerprint density at radius 1 is 1.24 bits per heavy atom. The number of urea groups is 1. The number of furan rings is 1. The van der Waals surface area contributed by atoms with Crippen molar-refractivity contribution in [2.45, 2.75) is 71.9 Å². The normalized spacial score (nSPS) is 16.2. The minimum atomic E-state index is -0.613. The highest BCUT2D eigenvalue weighted by Gasteiger charge is 2.35. The van der Waals surface area contributed by atoms with Gasteiger partial charge < -0.3 is 19.4 Å². The maximum absolute atomic E-state index is 13.5. The van der Waals surface area contributed by atoms with Crippen molar-refractivity contribution in [1.82, 2.24) is 15.1 Å². The zero-order valence-electron chi connectivity index (χ0n) is 20.9. The first-order valence-electron chi connectivity index (χ1n) is 12.1. The Labute approximate surface area is 201 Å². The summed E-state index contributed by atoms with van der Waals surface area (Å²) in [6.45, 7) is 10.3. The van der Waals surface area contributed by atoms with Crippen LogP contribution in [0.3, 0.4) is 0 Å². The van der Waals surface area contributed by atoms with E-state index in [1.165, 1.54) is 4.90 Å². The van der Waals surface area contributed by atoms with E-state index in [0.717, 1.165) is 29.4 Å². The fraction of sp³-hybridized carbons (Fsp3) is 0.577. The van der Waals surface area contributed by atoms with Crippen LogP contribution in [-0.2, 0) is 16.0 Å². The van der Waals surface area contributed by atoms with Crippen LogP contribution >= 0.6 is 0 Å². The number of likely N-dealkylation sites (tertiary alicyclic amines) is 1. The Balaban J connectivity index is 1.64. The van der Waals surface area contributed by atoms with E-state index in [9.17, 15) is 14.4 Å². The van der Waals surface area contributed by atoms with Gasteiger partial charge in [0.15, 0.2) is 0 Å². The molecule has 0 aliphatic carbocycles. The third-order valence-corrected chi connectivity index (χ3v) is 5.72. The van der Waals surface area contributed by atoms with Crippen LogP contribution < -0.4 is 5.32 Å². The van der Waals surface area contributed by atoms with Crippen LogP contribution in [0, 0.1) is 5.92 Å². The van der Waals surface area contributed by atoms with Gasteiger partial charge >= 0.3 is 12.1 Å². The Morgan fingerprint density at radius 3 is 2.68 bits per heavy atom. The number of hydrogen-bond acceptors (Lipinski definition) is 5. The number of hydrogen-bond donors (Lipinski definition) is 1. The van der Waals surface area contributed by atoms with Crippen molar-refractivity contribution in [2.24, 2.45) is 5.92 Å². The molecule has 1 N–H and O–H groups in total. The van der Waals surface area contributed by atoms with Gasteiger partial charge in [0, 0.05) is 49.3 Å². The molecule has 0 radical (unpaired) electrons. The molecule has 1 aromatic heterocycles. The van der Waals surface area contributed by atoms with Gasteiger partial charge in [0.1, 0.15) is 11.4 Å². The molecule has 1 fully saturated rings. The number of amides is 4. The summed E-state index contributed by atoms with van der Waals surface area (Å²) in [4.78, 5) is 41.5. The largest absolute Gasteiger partial charge is 0.468 e. The van der Waals surface area contributed by atoms with E-state index < -0.39 is 11.7 Å². The monoisotopic (exact) mass is 471 g/mol. The van der Waals surface area contributed by atoms with Crippen molar-refractivity contribution in [3.05, 3.63) is 36.3 Å². The standard InChI is InChI=1S/C26H37N3O5/c1-18(2)16-29(23(30)12-13-27-24(31)34-26(3,4)5)25(32)28-14-8-10-20(28)15-22-21-11-7-6-9-19(21)17-33-22/h6-7,9,11,17-18,20H,8,10,12-16H2,1-5H3,(H,27,31)/t20-/m0/s1. The summed E-state index contributed by atoms with van der Waals surface area (Å²) in [5.74, 6) is 0.689. The topological polar surface area (TPSA) is 92.1 Å². The maximum atomic E-state index is 13.5. The van der Waals surface area contributed by atoms with Gasteiger partial charge in [-0.25, -0.2) is 9.59 Å². The summed E-state index contributed by atoms with van der Waals surface area (Å²) < 4.78 is 11.0. The first kappa shape index (κ1) is 25.6. The molecule has 1 aliphatic heterocycles. The van der Waals surface area contributed by atoms with Gasteiger partial charge in [0.2, 0.25) is 5.91 Å². The lowest BCUT2D eigenvalue weighted by Gasteiger charge is -2.31. The number of ether oxygens (including phenoxy) is 1. The molecule has 8 nitrogen and oxygen atoms in total. The molecule has 1 saturated heterocycles.